The Morgan fingerprint density at radius 1 is 1.21 bits per heavy atom. The summed E-state index contributed by atoms with van der Waals surface area (Å²) in [6.45, 7) is 0. The molecule has 2 rings (SSSR count). The van der Waals surface area contributed by atoms with Gasteiger partial charge in [-0.2, -0.15) is 0 Å². The van der Waals surface area contributed by atoms with Gasteiger partial charge >= 0.3 is 0 Å². The Bertz CT molecular complexity index is 433. The van der Waals surface area contributed by atoms with Crippen molar-refractivity contribution < 1.29 is 4.42 Å². The summed E-state index contributed by atoms with van der Waals surface area (Å²) in [5.41, 5.74) is 0.661. The fraction of sp³-hybridized carbons (Fsp3) is 0. The topological polar surface area (TPSA) is 26.0 Å². The van der Waals surface area contributed by atoms with Crippen LogP contribution in [0.25, 0.3) is 11.3 Å². The van der Waals surface area contributed by atoms with Crippen LogP contribution >= 0.6 is 39.1 Å². The molecule has 72 valence electrons. The molecular formula is C9H4BrCl2NO. The Kier molecular flexibility index (Phi) is 2.81. The van der Waals surface area contributed by atoms with Crippen LogP contribution in [0, 0.1) is 0 Å². The molecule has 0 saturated heterocycles. The molecule has 5 heteroatoms. The molecule has 2 nitrogen and oxygen atoms in total. The molecule has 0 amide bonds. The molecule has 0 fully saturated rings. The maximum Gasteiger partial charge on any atom is 0.181 e. The first-order chi connectivity index (χ1) is 6.68. The number of benzene rings is 1. The summed E-state index contributed by atoms with van der Waals surface area (Å²) in [4.78, 5) is 3.81. The lowest BCUT2D eigenvalue weighted by Crippen LogP contribution is -1.79. The molecule has 0 saturated carbocycles. The Balaban J connectivity index is 2.64. The average Bonchev–Trinajstić information content (AvgIpc) is 2.54. The van der Waals surface area contributed by atoms with Crippen molar-refractivity contribution in [2.45, 2.75) is 0 Å². The lowest BCUT2D eigenvalue weighted by atomic mass is 10.2. The van der Waals surface area contributed by atoms with Gasteiger partial charge in [0, 0.05) is 4.47 Å². The summed E-state index contributed by atoms with van der Waals surface area (Å²) in [6, 6.07) is 3.51. The Hall–Kier alpha value is -0.510. The molecule has 0 unspecified atom stereocenters. The van der Waals surface area contributed by atoms with Gasteiger partial charge in [0.15, 0.2) is 12.2 Å². The van der Waals surface area contributed by atoms with E-state index in [2.05, 4.69) is 20.9 Å². The fourth-order valence-corrected chi connectivity index (χ4v) is 2.51. The second-order valence-corrected chi connectivity index (χ2v) is 4.34. The van der Waals surface area contributed by atoms with Gasteiger partial charge in [-0.1, -0.05) is 39.1 Å². The van der Waals surface area contributed by atoms with E-state index >= 15 is 0 Å². The monoisotopic (exact) mass is 291 g/mol. The van der Waals surface area contributed by atoms with E-state index in [-0.39, 0.29) is 0 Å². The third-order valence-electron chi connectivity index (χ3n) is 1.69. The van der Waals surface area contributed by atoms with Crippen molar-refractivity contribution in [3.63, 3.8) is 0 Å². The van der Waals surface area contributed by atoms with Gasteiger partial charge in [-0.25, -0.2) is 4.98 Å². The molecule has 0 aliphatic rings. The summed E-state index contributed by atoms with van der Waals surface area (Å²) >= 11 is 15.3. The molecule has 0 radical (unpaired) electrons. The van der Waals surface area contributed by atoms with E-state index in [1.165, 1.54) is 6.39 Å². The van der Waals surface area contributed by atoms with Crippen LogP contribution in [0.15, 0.2) is 33.6 Å². The van der Waals surface area contributed by atoms with Crippen molar-refractivity contribution >= 4 is 39.1 Å². The second-order valence-electron chi connectivity index (χ2n) is 2.61. The van der Waals surface area contributed by atoms with Gasteiger partial charge in [-0.3, -0.25) is 0 Å². The van der Waals surface area contributed by atoms with E-state index in [1.54, 1.807) is 18.3 Å². The molecule has 0 spiro atoms. The number of nitrogens with zero attached hydrogens (tertiary/aromatic N) is 1. The molecule has 0 atom stereocenters. The molecule has 0 aliphatic carbocycles. The van der Waals surface area contributed by atoms with Gasteiger partial charge in [0.25, 0.3) is 0 Å². The number of hydrogen-bond donors (Lipinski definition) is 0. The van der Waals surface area contributed by atoms with E-state index in [1.807, 2.05) is 0 Å². The Morgan fingerprint density at radius 2 is 1.86 bits per heavy atom. The molecule has 1 aromatic carbocycles. The minimum atomic E-state index is 0.529. The molecule has 14 heavy (non-hydrogen) atoms. The summed E-state index contributed by atoms with van der Waals surface area (Å²) < 4.78 is 5.96. The van der Waals surface area contributed by atoms with Crippen molar-refractivity contribution in [3.8, 4) is 11.3 Å². The van der Waals surface area contributed by atoms with Gasteiger partial charge in [0.2, 0.25) is 0 Å². The minimum Gasteiger partial charge on any atom is -0.443 e. The third-order valence-corrected chi connectivity index (χ3v) is 2.74. The summed E-state index contributed by atoms with van der Waals surface area (Å²) in [5, 5.41) is 1.06. The van der Waals surface area contributed by atoms with Gasteiger partial charge in [0.1, 0.15) is 0 Å². The summed E-state index contributed by atoms with van der Waals surface area (Å²) in [6.07, 6.45) is 2.91. The van der Waals surface area contributed by atoms with Crippen molar-refractivity contribution in [1.29, 1.82) is 0 Å². The van der Waals surface area contributed by atoms with Crippen LogP contribution in [0.3, 0.4) is 0 Å². The van der Waals surface area contributed by atoms with E-state index in [0.29, 0.717) is 21.4 Å². The SMILES string of the molecule is Clc1cc(Br)cc(Cl)c1-c1cnco1. The highest BCUT2D eigenvalue weighted by atomic mass is 79.9. The Morgan fingerprint density at radius 3 is 2.36 bits per heavy atom. The van der Waals surface area contributed by atoms with Gasteiger partial charge < -0.3 is 4.42 Å². The standard InChI is InChI=1S/C9H4BrCl2NO/c10-5-1-6(11)9(7(12)2-5)8-3-13-4-14-8/h1-4H. The lowest BCUT2D eigenvalue weighted by Gasteiger charge is -2.03. The first kappa shape index (κ1) is 10.0. The number of oxazole rings is 1. The van der Waals surface area contributed by atoms with Gasteiger partial charge in [-0.15, -0.1) is 0 Å². The second kappa shape index (κ2) is 3.93. The first-order valence-corrected chi connectivity index (χ1v) is 5.27. The van der Waals surface area contributed by atoms with E-state index in [9.17, 15) is 0 Å². The van der Waals surface area contributed by atoms with Crippen molar-refractivity contribution in [3.05, 3.63) is 39.2 Å². The van der Waals surface area contributed by atoms with Gasteiger partial charge in [-0.05, 0) is 12.1 Å². The predicted octanol–water partition coefficient (Wildman–Crippen LogP) is 4.41. The molecule has 2 aromatic rings. The number of halogens is 3. The number of aromatic nitrogens is 1. The molecule has 1 heterocycles. The van der Waals surface area contributed by atoms with Crippen molar-refractivity contribution in [2.75, 3.05) is 0 Å². The van der Waals surface area contributed by atoms with Crippen LogP contribution in [-0.4, -0.2) is 4.98 Å². The first-order valence-electron chi connectivity index (χ1n) is 3.72. The van der Waals surface area contributed by atoms with Crippen molar-refractivity contribution in [1.82, 2.24) is 4.98 Å². The number of rotatable bonds is 1. The molecular weight excluding hydrogens is 289 g/mol. The maximum atomic E-state index is 6.02. The quantitative estimate of drug-likeness (QED) is 0.778. The smallest absolute Gasteiger partial charge is 0.181 e. The van der Waals surface area contributed by atoms with E-state index < -0.39 is 0 Å². The summed E-state index contributed by atoms with van der Waals surface area (Å²) in [7, 11) is 0. The van der Waals surface area contributed by atoms with Crippen LogP contribution in [0.5, 0.6) is 0 Å². The van der Waals surface area contributed by atoms with Crippen LogP contribution in [0.4, 0.5) is 0 Å². The zero-order valence-electron chi connectivity index (χ0n) is 6.80. The largest absolute Gasteiger partial charge is 0.443 e. The zero-order chi connectivity index (χ0) is 10.1. The minimum absolute atomic E-state index is 0.529. The predicted molar refractivity (Wildman–Crippen MR) is 59.7 cm³/mol. The van der Waals surface area contributed by atoms with E-state index in [4.69, 9.17) is 27.6 Å². The molecule has 1 aromatic heterocycles. The molecule has 0 bridgehead atoms. The molecule has 0 aliphatic heterocycles. The fourth-order valence-electron chi connectivity index (χ4n) is 1.12. The van der Waals surface area contributed by atoms with Gasteiger partial charge in [0.05, 0.1) is 21.8 Å². The molecule has 0 N–H and O–H groups in total. The highest BCUT2D eigenvalue weighted by molar-refractivity contribution is 9.10. The maximum absolute atomic E-state index is 6.02. The Labute approximate surface area is 99.0 Å². The van der Waals surface area contributed by atoms with Crippen LogP contribution in [-0.2, 0) is 0 Å². The van der Waals surface area contributed by atoms with Crippen LogP contribution in [0.2, 0.25) is 10.0 Å². The normalized spacial score (nSPS) is 10.5. The highest BCUT2D eigenvalue weighted by Crippen LogP contribution is 2.36. The average molecular weight is 293 g/mol. The van der Waals surface area contributed by atoms with Crippen LogP contribution < -0.4 is 0 Å². The third kappa shape index (κ3) is 1.80. The summed E-state index contributed by atoms with van der Waals surface area (Å²) in [5.74, 6) is 0.563. The van der Waals surface area contributed by atoms with Crippen molar-refractivity contribution in [2.24, 2.45) is 0 Å². The van der Waals surface area contributed by atoms with E-state index in [0.717, 1.165) is 4.47 Å². The van der Waals surface area contributed by atoms with Crippen LogP contribution in [0.1, 0.15) is 0 Å². The zero-order valence-corrected chi connectivity index (χ0v) is 9.90. The highest BCUT2D eigenvalue weighted by Gasteiger charge is 2.12. The number of hydrogen-bond acceptors (Lipinski definition) is 2. The lowest BCUT2D eigenvalue weighted by molar-refractivity contribution is 0.572.